The van der Waals surface area contributed by atoms with Gasteiger partial charge in [0.15, 0.2) is 17.3 Å². The number of nitrogens with zero attached hydrogens (tertiary/aromatic N) is 5. The van der Waals surface area contributed by atoms with Crippen LogP contribution in [-0.4, -0.2) is 50.0 Å². The number of hydrogen-bond acceptors (Lipinski definition) is 6. The van der Waals surface area contributed by atoms with Gasteiger partial charge < -0.3 is 13.9 Å². The molecule has 2 aromatic heterocycles. The van der Waals surface area contributed by atoms with E-state index in [1.807, 2.05) is 18.5 Å². The van der Waals surface area contributed by atoms with E-state index >= 15 is 0 Å². The Hall–Kier alpha value is -2.12. The van der Waals surface area contributed by atoms with Gasteiger partial charge in [0.1, 0.15) is 4.90 Å². The molecule has 1 aliphatic heterocycles. The molecule has 1 saturated heterocycles. The van der Waals surface area contributed by atoms with Crippen molar-refractivity contribution in [1.29, 1.82) is 0 Å². The molecule has 0 radical (unpaired) electrons. The fourth-order valence-electron chi connectivity index (χ4n) is 4.85. The van der Waals surface area contributed by atoms with Crippen molar-refractivity contribution in [3.63, 3.8) is 0 Å². The molecule has 1 saturated carbocycles. The number of thioether (sulfide) groups is 1. The number of benzene rings is 1. The number of piperidine rings is 1. The summed E-state index contributed by atoms with van der Waals surface area (Å²) in [5, 5.41) is 9.20. The van der Waals surface area contributed by atoms with Crippen molar-refractivity contribution in [1.82, 2.24) is 24.6 Å². The Bertz CT molecular complexity index is 1230. The molecule has 3 heterocycles. The summed E-state index contributed by atoms with van der Waals surface area (Å²) in [5.41, 5.74) is 1.25. The zero-order valence-corrected chi connectivity index (χ0v) is 20.2. The van der Waals surface area contributed by atoms with Crippen LogP contribution in [0.1, 0.15) is 24.1 Å². The van der Waals surface area contributed by atoms with Crippen LogP contribution in [0.2, 0.25) is 0 Å². The van der Waals surface area contributed by atoms with Crippen LogP contribution in [0.25, 0.3) is 11.6 Å². The highest BCUT2D eigenvalue weighted by Gasteiger charge is 2.66. The van der Waals surface area contributed by atoms with Gasteiger partial charge in [-0.25, -0.2) is 4.98 Å². The Morgan fingerprint density at radius 3 is 2.53 bits per heavy atom. The molecule has 0 spiro atoms. The molecule has 2 aliphatic rings. The van der Waals surface area contributed by atoms with E-state index < -0.39 is 15.1 Å². The van der Waals surface area contributed by atoms with Crippen molar-refractivity contribution in [3.05, 3.63) is 41.9 Å². The smallest absolute Gasteiger partial charge is 0.310 e. The predicted molar refractivity (Wildman–Crippen MR) is 121 cm³/mol. The van der Waals surface area contributed by atoms with Crippen molar-refractivity contribution in [2.45, 2.75) is 35.2 Å². The van der Waals surface area contributed by atoms with Gasteiger partial charge in [-0.15, -0.1) is 10.2 Å². The fraction of sp³-hybridized carbons (Fsp3) is 0.476. The molecular formula is C21H24F5N5OS2. The van der Waals surface area contributed by atoms with E-state index in [2.05, 4.69) is 20.1 Å². The lowest BCUT2D eigenvalue weighted by Gasteiger charge is -2.40. The first-order valence-electron chi connectivity index (χ1n) is 10.8. The SMILES string of the molecule is Cc1ncoc1-c1nnc(SCCCN2C[C@@H]3C[C@]3(c3ccc(S(F)(F)(F)(F)F)cc3)C2)n1C. The fourth-order valence-corrected chi connectivity index (χ4v) is 6.34. The standard InChI is InChI=1S/C21H24F5N5OS2/c1-14-18(32-13-27-14)19-28-29-20(30(19)2)33-9-3-8-31-11-16-10-21(16,12-31)15-4-6-17(7-5-15)34(22,23,24,25)26/h4-7,13,16H,3,8-12H2,1-2H3/t16-,21+/m0/s1. The molecular weight excluding hydrogens is 497 g/mol. The average Bonchev–Trinajstić information content (AvgIpc) is 3.05. The van der Waals surface area contributed by atoms with E-state index in [1.165, 1.54) is 18.5 Å². The van der Waals surface area contributed by atoms with E-state index in [-0.39, 0.29) is 5.41 Å². The molecule has 0 N–H and O–H groups in total. The summed E-state index contributed by atoms with van der Waals surface area (Å²) in [6.07, 6.45) is 3.16. The summed E-state index contributed by atoms with van der Waals surface area (Å²) in [6, 6.07) is 3.54. The number of fused-ring (bicyclic) bond motifs is 1. The largest absolute Gasteiger partial charge is 0.440 e. The highest BCUT2D eigenvalue weighted by atomic mass is 32.5. The number of hydrogen-bond donors (Lipinski definition) is 0. The molecule has 0 bridgehead atoms. The second-order valence-electron chi connectivity index (χ2n) is 9.12. The number of oxazole rings is 1. The van der Waals surface area contributed by atoms with Gasteiger partial charge >= 0.3 is 10.2 Å². The van der Waals surface area contributed by atoms with Crippen LogP contribution in [-0.2, 0) is 12.5 Å². The van der Waals surface area contributed by atoms with E-state index in [1.54, 1.807) is 11.8 Å². The van der Waals surface area contributed by atoms with Crippen LogP contribution in [0.3, 0.4) is 0 Å². The second-order valence-corrected chi connectivity index (χ2v) is 12.6. The molecule has 186 valence electrons. The Balaban J connectivity index is 1.14. The normalized spacial score (nSPS) is 24.6. The Labute approximate surface area is 197 Å². The summed E-state index contributed by atoms with van der Waals surface area (Å²) >= 11 is 1.59. The van der Waals surface area contributed by atoms with Gasteiger partial charge in [0.25, 0.3) is 0 Å². The van der Waals surface area contributed by atoms with Crippen molar-refractivity contribution < 1.29 is 23.8 Å². The molecule has 3 aromatic rings. The number of aromatic nitrogens is 4. The number of rotatable bonds is 8. The van der Waals surface area contributed by atoms with Crippen LogP contribution in [0, 0.1) is 12.8 Å². The molecule has 0 unspecified atom stereocenters. The lowest BCUT2D eigenvalue weighted by atomic mass is 9.95. The van der Waals surface area contributed by atoms with Crippen LogP contribution in [0.15, 0.2) is 45.1 Å². The summed E-state index contributed by atoms with van der Waals surface area (Å²) in [5.74, 6) is 2.40. The molecule has 2 atom stereocenters. The van der Waals surface area contributed by atoms with Gasteiger partial charge in [-0.2, -0.15) is 0 Å². The summed E-state index contributed by atoms with van der Waals surface area (Å²) < 4.78 is 72.3. The highest BCUT2D eigenvalue weighted by Crippen LogP contribution is 3.02. The summed E-state index contributed by atoms with van der Waals surface area (Å²) in [4.78, 5) is 4.55. The van der Waals surface area contributed by atoms with E-state index in [4.69, 9.17) is 4.42 Å². The van der Waals surface area contributed by atoms with Crippen LogP contribution >= 0.6 is 22.0 Å². The summed E-state index contributed by atoms with van der Waals surface area (Å²) in [6.45, 7) is 4.29. The first-order valence-corrected chi connectivity index (χ1v) is 13.7. The zero-order valence-electron chi connectivity index (χ0n) is 18.6. The minimum atomic E-state index is -9.63. The van der Waals surface area contributed by atoms with Gasteiger partial charge in [-0.05, 0) is 49.9 Å². The van der Waals surface area contributed by atoms with Gasteiger partial charge in [0.05, 0.1) is 5.69 Å². The van der Waals surface area contributed by atoms with Crippen molar-refractivity contribution in [2.24, 2.45) is 13.0 Å². The first kappa shape index (κ1) is 23.6. The molecule has 6 nitrogen and oxygen atoms in total. The Kier molecular flexibility index (Phi) is 5.00. The van der Waals surface area contributed by atoms with Gasteiger partial charge in [0, 0.05) is 31.3 Å². The lowest BCUT2D eigenvalue weighted by molar-refractivity contribution is 0.299. The van der Waals surface area contributed by atoms with Crippen molar-refractivity contribution >= 4 is 22.0 Å². The Morgan fingerprint density at radius 2 is 1.88 bits per heavy atom. The average molecular weight is 522 g/mol. The minimum Gasteiger partial charge on any atom is -0.440 e. The third-order valence-corrected chi connectivity index (χ3v) is 8.99. The maximum Gasteiger partial charge on any atom is 0.310 e. The second kappa shape index (κ2) is 7.20. The van der Waals surface area contributed by atoms with Gasteiger partial charge in [0.2, 0.25) is 5.82 Å². The minimum absolute atomic E-state index is 0.211. The predicted octanol–water partition coefficient (Wildman–Crippen LogP) is 6.19. The van der Waals surface area contributed by atoms with Gasteiger partial charge in [-0.3, -0.25) is 0 Å². The zero-order chi connectivity index (χ0) is 24.4. The molecule has 0 amide bonds. The number of halogens is 5. The maximum atomic E-state index is 13.0. The molecule has 2 fully saturated rings. The Morgan fingerprint density at radius 1 is 1.15 bits per heavy atom. The molecule has 1 aliphatic carbocycles. The van der Waals surface area contributed by atoms with E-state index in [0.29, 0.717) is 35.2 Å². The summed E-state index contributed by atoms with van der Waals surface area (Å²) in [7, 11) is -7.76. The van der Waals surface area contributed by atoms with Crippen molar-refractivity contribution in [3.8, 4) is 11.6 Å². The van der Waals surface area contributed by atoms with Crippen molar-refractivity contribution in [2.75, 3.05) is 25.4 Å². The monoisotopic (exact) mass is 521 g/mol. The van der Waals surface area contributed by atoms with E-state index in [0.717, 1.165) is 49.1 Å². The lowest BCUT2D eigenvalue weighted by Crippen LogP contribution is -2.28. The van der Waals surface area contributed by atoms with Gasteiger partial charge in [-0.1, -0.05) is 43.3 Å². The maximum absolute atomic E-state index is 13.0. The van der Waals surface area contributed by atoms with Crippen LogP contribution < -0.4 is 0 Å². The van der Waals surface area contributed by atoms with E-state index in [9.17, 15) is 19.4 Å². The van der Waals surface area contributed by atoms with Crippen LogP contribution in [0.4, 0.5) is 19.4 Å². The molecule has 5 rings (SSSR count). The molecule has 34 heavy (non-hydrogen) atoms. The van der Waals surface area contributed by atoms with Crippen LogP contribution in [0.5, 0.6) is 0 Å². The molecule has 13 heteroatoms. The topological polar surface area (TPSA) is 60.0 Å². The number of aryl methyl sites for hydroxylation is 1. The first-order chi connectivity index (χ1) is 15.8. The third-order valence-electron chi connectivity index (χ3n) is 6.72. The molecule has 1 aromatic carbocycles. The quantitative estimate of drug-likeness (QED) is 0.200. The highest BCUT2D eigenvalue weighted by molar-refractivity contribution is 8.45. The third kappa shape index (κ3) is 4.33. The number of likely N-dealkylation sites (tertiary alicyclic amines) is 1.